The van der Waals surface area contributed by atoms with Crippen LogP contribution in [0.3, 0.4) is 0 Å². The van der Waals surface area contributed by atoms with Gasteiger partial charge in [0.1, 0.15) is 0 Å². The number of nitrogens with one attached hydrogen (secondary N) is 1. The van der Waals surface area contributed by atoms with E-state index in [1.165, 1.54) is 0 Å². The molecule has 1 aliphatic heterocycles. The minimum atomic E-state index is 0. The Morgan fingerprint density at radius 2 is 1.92 bits per heavy atom. The third-order valence-electron chi connectivity index (χ3n) is 3.99. The van der Waals surface area contributed by atoms with Crippen LogP contribution in [0.2, 0.25) is 0 Å². The number of nitrogens with zero attached hydrogens (tertiary/aromatic N) is 1. The lowest BCUT2D eigenvalue weighted by Gasteiger charge is -2.28. The highest BCUT2D eigenvalue weighted by atomic mass is 35.5. The molecule has 1 amide bonds. The first-order valence-electron chi connectivity index (χ1n) is 8.62. The predicted molar refractivity (Wildman–Crippen MR) is 98.6 cm³/mol. The van der Waals surface area contributed by atoms with E-state index in [4.69, 9.17) is 9.47 Å². The zero-order valence-electron chi connectivity index (χ0n) is 14.8. The van der Waals surface area contributed by atoms with E-state index in [0.717, 1.165) is 32.5 Å². The zero-order valence-corrected chi connectivity index (χ0v) is 15.7. The molecule has 0 aliphatic carbocycles. The lowest BCUT2D eigenvalue weighted by Crippen LogP contribution is -2.42. The van der Waals surface area contributed by atoms with Gasteiger partial charge in [-0.1, -0.05) is 6.92 Å². The summed E-state index contributed by atoms with van der Waals surface area (Å²) >= 11 is 0. The Morgan fingerprint density at radius 3 is 2.50 bits per heavy atom. The summed E-state index contributed by atoms with van der Waals surface area (Å²) in [4.78, 5) is 14.9. The highest BCUT2D eigenvalue weighted by Gasteiger charge is 2.27. The monoisotopic (exact) mass is 356 g/mol. The molecule has 1 aromatic carbocycles. The van der Waals surface area contributed by atoms with E-state index in [9.17, 15) is 4.79 Å². The summed E-state index contributed by atoms with van der Waals surface area (Å²) in [6.07, 6.45) is 1.97. The molecule has 1 aliphatic rings. The third-order valence-corrected chi connectivity index (χ3v) is 3.99. The Labute approximate surface area is 151 Å². The molecule has 0 saturated carbocycles. The molecule has 5 nitrogen and oxygen atoms in total. The van der Waals surface area contributed by atoms with Crippen molar-refractivity contribution in [1.82, 2.24) is 10.2 Å². The lowest BCUT2D eigenvalue weighted by molar-refractivity contribution is 0.0691. The molecular formula is C18H29ClN2O3. The number of hydrogen-bond acceptors (Lipinski definition) is 4. The highest BCUT2D eigenvalue weighted by Crippen LogP contribution is 2.29. The van der Waals surface area contributed by atoms with Crippen LogP contribution < -0.4 is 14.8 Å². The fourth-order valence-electron chi connectivity index (χ4n) is 2.95. The zero-order chi connectivity index (χ0) is 16.7. The number of benzene rings is 1. The van der Waals surface area contributed by atoms with E-state index in [1.807, 2.05) is 36.9 Å². The molecule has 2 rings (SSSR count). The summed E-state index contributed by atoms with van der Waals surface area (Å²) in [6, 6.07) is 5.76. The number of hydrogen-bond donors (Lipinski definition) is 1. The smallest absolute Gasteiger partial charge is 0.254 e. The topological polar surface area (TPSA) is 50.8 Å². The molecular weight excluding hydrogens is 328 g/mol. The Bertz CT molecular complexity index is 519. The summed E-state index contributed by atoms with van der Waals surface area (Å²) in [5.74, 6) is 1.40. The minimum Gasteiger partial charge on any atom is -0.490 e. The first kappa shape index (κ1) is 20.6. The Hall–Kier alpha value is -1.46. The van der Waals surface area contributed by atoms with Crippen LogP contribution in [0, 0.1) is 0 Å². The van der Waals surface area contributed by atoms with Gasteiger partial charge in [0.05, 0.1) is 13.2 Å². The fraction of sp³-hybridized carbons (Fsp3) is 0.611. The summed E-state index contributed by atoms with van der Waals surface area (Å²) in [5.41, 5.74) is 0.664. The van der Waals surface area contributed by atoms with Gasteiger partial charge in [-0.2, -0.15) is 0 Å². The molecule has 0 bridgehead atoms. The molecule has 6 heteroatoms. The maximum atomic E-state index is 12.9. The predicted octanol–water partition coefficient (Wildman–Crippen LogP) is 3.12. The maximum absolute atomic E-state index is 12.9. The summed E-state index contributed by atoms with van der Waals surface area (Å²) < 4.78 is 11.2. The Kier molecular flexibility index (Phi) is 8.93. The van der Waals surface area contributed by atoms with Gasteiger partial charge in [0, 0.05) is 24.7 Å². The molecule has 24 heavy (non-hydrogen) atoms. The normalized spacial score (nSPS) is 16.4. The second-order valence-corrected chi connectivity index (χ2v) is 5.67. The van der Waals surface area contributed by atoms with Crippen molar-refractivity contribution in [2.24, 2.45) is 0 Å². The van der Waals surface area contributed by atoms with Gasteiger partial charge in [0.2, 0.25) is 0 Å². The Balaban J connectivity index is 0.00000288. The number of rotatable bonds is 8. The van der Waals surface area contributed by atoms with Crippen LogP contribution in [0.25, 0.3) is 0 Å². The second-order valence-electron chi connectivity index (χ2n) is 5.67. The van der Waals surface area contributed by atoms with E-state index in [0.29, 0.717) is 30.3 Å². The lowest BCUT2D eigenvalue weighted by atomic mass is 10.1. The van der Waals surface area contributed by atoms with Gasteiger partial charge in [0.15, 0.2) is 11.5 Å². The number of amides is 1. The average molecular weight is 357 g/mol. The molecule has 1 aromatic rings. The number of ether oxygens (including phenoxy) is 2. The van der Waals surface area contributed by atoms with Gasteiger partial charge in [-0.3, -0.25) is 4.79 Å². The van der Waals surface area contributed by atoms with E-state index in [2.05, 4.69) is 12.2 Å². The average Bonchev–Trinajstić information content (AvgIpc) is 3.08. The van der Waals surface area contributed by atoms with Gasteiger partial charge >= 0.3 is 0 Å². The number of carbonyl (C=O) groups is 1. The highest BCUT2D eigenvalue weighted by molar-refractivity contribution is 5.95. The van der Waals surface area contributed by atoms with Crippen LogP contribution in [0.4, 0.5) is 0 Å². The molecule has 0 aromatic heterocycles. The van der Waals surface area contributed by atoms with Crippen LogP contribution >= 0.6 is 12.4 Å². The van der Waals surface area contributed by atoms with E-state index < -0.39 is 0 Å². The van der Waals surface area contributed by atoms with Crippen molar-refractivity contribution >= 4 is 18.3 Å². The van der Waals surface area contributed by atoms with E-state index >= 15 is 0 Å². The summed E-state index contributed by atoms with van der Waals surface area (Å²) in [6.45, 7) is 9.72. The third kappa shape index (κ3) is 5.02. The summed E-state index contributed by atoms with van der Waals surface area (Å²) in [5, 5.41) is 3.34. The van der Waals surface area contributed by atoms with Crippen molar-refractivity contribution < 1.29 is 14.3 Å². The molecule has 1 N–H and O–H groups in total. The van der Waals surface area contributed by atoms with Crippen LogP contribution in [0.5, 0.6) is 11.5 Å². The number of carbonyl (C=O) groups excluding carboxylic acids is 1. The van der Waals surface area contributed by atoms with Crippen molar-refractivity contribution in [3.8, 4) is 11.5 Å². The largest absolute Gasteiger partial charge is 0.490 e. The van der Waals surface area contributed by atoms with Crippen molar-refractivity contribution in [2.45, 2.75) is 39.7 Å². The first-order valence-corrected chi connectivity index (χ1v) is 8.62. The molecule has 1 saturated heterocycles. The molecule has 136 valence electrons. The molecule has 1 fully saturated rings. The second kappa shape index (κ2) is 10.4. The van der Waals surface area contributed by atoms with Gasteiger partial charge in [0.25, 0.3) is 5.91 Å². The SMILES string of the molecule is CCCN(C(=O)c1ccc(OCC)c(OCC)c1)C1CCNC1.Cl. The van der Waals surface area contributed by atoms with Crippen LogP contribution in [0.1, 0.15) is 44.0 Å². The van der Waals surface area contributed by atoms with Crippen molar-refractivity contribution in [3.05, 3.63) is 23.8 Å². The molecule has 0 spiro atoms. The maximum Gasteiger partial charge on any atom is 0.254 e. The van der Waals surface area contributed by atoms with Crippen LogP contribution in [-0.4, -0.2) is 49.7 Å². The molecule has 0 radical (unpaired) electrons. The molecule has 1 unspecified atom stereocenters. The van der Waals surface area contributed by atoms with Crippen molar-refractivity contribution in [3.63, 3.8) is 0 Å². The van der Waals surface area contributed by atoms with Gasteiger partial charge < -0.3 is 19.7 Å². The standard InChI is InChI=1S/C18H28N2O3.ClH/c1-4-11-20(15-9-10-19-13-15)18(21)14-7-8-16(22-5-2)17(12-14)23-6-3;/h7-8,12,15,19H,4-6,9-11,13H2,1-3H3;1H. The van der Waals surface area contributed by atoms with Gasteiger partial charge in [-0.15, -0.1) is 12.4 Å². The van der Waals surface area contributed by atoms with E-state index in [1.54, 1.807) is 0 Å². The minimum absolute atomic E-state index is 0. The van der Waals surface area contributed by atoms with Crippen LogP contribution in [-0.2, 0) is 0 Å². The molecule has 1 atom stereocenters. The van der Waals surface area contributed by atoms with Crippen LogP contribution in [0.15, 0.2) is 18.2 Å². The molecule has 1 heterocycles. The Morgan fingerprint density at radius 1 is 1.21 bits per heavy atom. The van der Waals surface area contributed by atoms with E-state index in [-0.39, 0.29) is 24.4 Å². The van der Waals surface area contributed by atoms with Gasteiger partial charge in [-0.05, 0) is 51.4 Å². The number of halogens is 1. The fourth-order valence-corrected chi connectivity index (χ4v) is 2.95. The van der Waals surface area contributed by atoms with Crippen molar-refractivity contribution in [1.29, 1.82) is 0 Å². The first-order chi connectivity index (χ1) is 11.2. The van der Waals surface area contributed by atoms with Gasteiger partial charge in [-0.25, -0.2) is 0 Å². The summed E-state index contributed by atoms with van der Waals surface area (Å²) in [7, 11) is 0. The van der Waals surface area contributed by atoms with Crippen molar-refractivity contribution in [2.75, 3.05) is 32.8 Å². The quantitative estimate of drug-likeness (QED) is 0.777.